The molecule has 23 heavy (non-hydrogen) atoms. The van der Waals surface area contributed by atoms with E-state index >= 15 is 0 Å². The number of ether oxygens (including phenoxy) is 1. The molecule has 2 aromatic heterocycles. The van der Waals surface area contributed by atoms with Gasteiger partial charge in [-0.25, -0.2) is 0 Å². The van der Waals surface area contributed by atoms with Crippen LogP contribution in [0.2, 0.25) is 0 Å². The van der Waals surface area contributed by atoms with Gasteiger partial charge in [0.05, 0.1) is 5.69 Å². The molecular weight excluding hydrogens is 294 g/mol. The van der Waals surface area contributed by atoms with Crippen molar-refractivity contribution in [2.75, 3.05) is 0 Å². The monoisotopic (exact) mass is 309 g/mol. The van der Waals surface area contributed by atoms with Crippen LogP contribution in [-0.2, 0) is 6.61 Å². The van der Waals surface area contributed by atoms with Crippen LogP contribution in [-0.4, -0.2) is 16.0 Å². The Morgan fingerprint density at radius 1 is 1.26 bits per heavy atom. The van der Waals surface area contributed by atoms with Gasteiger partial charge in [0.25, 0.3) is 5.91 Å². The fourth-order valence-corrected chi connectivity index (χ4v) is 2.08. The summed E-state index contributed by atoms with van der Waals surface area (Å²) in [7, 11) is 0. The SMILES string of the molecule is Cc1ncccc1OCc1ccc(-c2cc(C(N)=O)on2)cc1. The van der Waals surface area contributed by atoms with Crippen LogP contribution in [0.15, 0.2) is 53.2 Å². The van der Waals surface area contributed by atoms with Crippen molar-refractivity contribution in [3.8, 4) is 17.0 Å². The molecule has 0 bridgehead atoms. The first-order chi connectivity index (χ1) is 11.1. The van der Waals surface area contributed by atoms with Gasteiger partial charge in [-0.2, -0.15) is 0 Å². The summed E-state index contributed by atoms with van der Waals surface area (Å²) in [5, 5.41) is 3.83. The molecule has 0 fully saturated rings. The van der Waals surface area contributed by atoms with Crippen LogP contribution in [0.4, 0.5) is 0 Å². The zero-order valence-electron chi connectivity index (χ0n) is 12.5. The maximum atomic E-state index is 11.0. The molecule has 1 amide bonds. The standard InChI is InChI=1S/C17H15N3O3/c1-11-15(3-2-8-19-11)22-10-12-4-6-13(7-5-12)14-9-16(17(18)21)23-20-14/h2-9H,10H2,1H3,(H2,18,21). The molecule has 116 valence electrons. The molecule has 6 heteroatoms. The maximum Gasteiger partial charge on any atom is 0.287 e. The van der Waals surface area contributed by atoms with Gasteiger partial charge in [-0.05, 0) is 24.6 Å². The average Bonchev–Trinajstić information content (AvgIpc) is 3.05. The lowest BCUT2D eigenvalue weighted by Gasteiger charge is -2.08. The van der Waals surface area contributed by atoms with Crippen LogP contribution >= 0.6 is 0 Å². The molecule has 0 aliphatic heterocycles. The number of hydrogen-bond donors (Lipinski definition) is 1. The first-order valence-electron chi connectivity index (χ1n) is 7.04. The van der Waals surface area contributed by atoms with Crippen LogP contribution in [0, 0.1) is 6.92 Å². The summed E-state index contributed by atoms with van der Waals surface area (Å²) < 4.78 is 10.6. The normalized spacial score (nSPS) is 10.5. The third kappa shape index (κ3) is 3.37. The van der Waals surface area contributed by atoms with Crippen molar-refractivity contribution in [2.24, 2.45) is 5.73 Å². The molecule has 0 saturated carbocycles. The van der Waals surface area contributed by atoms with Gasteiger partial charge in [0.1, 0.15) is 18.1 Å². The lowest BCUT2D eigenvalue weighted by molar-refractivity contribution is 0.0965. The van der Waals surface area contributed by atoms with Crippen LogP contribution < -0.4 is 10.5 Å². The molecule has 2 heterocycles. The average molecular weight is 309 g/mol. The van der Waals surface area contributed by atoms with Crippen LogP contribution in [0.1, 0.15) is 21.8 Å². The Hall–Kier alpha value is -3.15. The van der Waals surface area contributed by atoms with Gasteiger partial charge in [-0.1, -0.05) is 29.4 Å². The Labute approximate surface area is 132 Å². The van der Waals surface area contributed by atoms with E-state index in [2.05, 4.69) is 10.1 Å². The van der Waals surface area contributed by atoms with Crippen molar-refractivity contribution >= 4 is 5.91 Å². The van der Waals surface area contributed by atoms with E-state index in [4.69, 9.17) is 15.0 Å². The number of primary amides is 1. The number of amides is 1. The number of aromatic nitrogens is 2. The zero-order valence-corrected chi connectivity index (χ0v) is 12.5. The number of hydrogen-bond acceptors (Lipinski definition) is 5. The highest BCUT2D eigenvalue weighted by atomic mass is 16.5. The molecule has 0 radical (unpaired) electrons. The summed E-state index contributed by atoms with van der Waals surface area (Å²) in [5.74, 6) is 0.166. The predicted octanol–water partition coefficient (Wildman–Crippen LogP) is 2.72. The first-order valence-corrected chi connectivity index (χ1v) is 7.04. The van der Waals surface area contributed by atoms with Crippen molar-refractivity contribution in [3.63, 3.8) is 0 Å². The number of rotatable bonds is 5. The van der Waals surface area contributed by atoms with Crippen LogP contribution in [0.5, 0.6) is 5.75 Å². The Morgan fingerprint density at radius 3 is 2.70 bits per heavy atom. The second kappa shape index (κ2) is 6.31. The number of carbonyl (C=O) groups excluding carboxylic acids is 1. The molecule has 2 N–H and O–H groups in total. The number of aryl methyl sites for hydroxylation is 1. The summed E-state index contributed by atoms with van der Waals surface area (Å²) in [5.41, 5.74) is 8.40. The molecule has 6 nitrogen and oxygen atoms in total. The molecule has 0 unspecified atom stereocenters. The third-order valence-electron chi connectivity index (χ3n) is 3.36. The zero-order chi connectivity index (χ0) is 16.2. The third-order valence-corrected chi connectivity index (χ3v) is 3.36. The van der Waals surface area contributed by atoms with Gasteiger partial charge in [0.2, 0.25) is 5.76 Å². The minimum atomic E-state index is -0.638. The van der Waals surface area contributed by atoms with Crippen molar-refractivity contribution in [2.45, 2.75) is 13.5 Å². The summed E-state index contributed by atoms with van der Waals surface area (Å²) in [6.07, 6.45) is 1.73. The molecule has 0 atom stereocenters. The molecular formula is C17H15N3O3. The van der Waals surface area contributed by atoms with Gasteiger partial charge < -0.3 is 15.0 Å². The van der Waals surface area contributed by atoms with Crippen molar-refractivity contribution in [1.82, 2.24) is 10.1 Å². The first kappa shape index (κ1) is 14.8. The summed E-state index contributed by atoms with van der Waals surface area (Å²) in [6, 6.07) is 12.9. The lowest BCUT2D eigenvalue weighted by Crippen LogP contribution is -2.09. The van der Waals surface area contributed by atoms with Crippen LogP contribution in [0.25, 0.3) is 11.3 Å². The maximum absolute atomic E-state index is 11.0. The number of pyridine rings is 1. The van der Waals surface area contributed by atoms with E-state index in [1.54, 1.807) is 6.20 Å². The van der Waals surface area contributed by atoms with Gasteiger partial charge in [0, 0.05) is 17.8 Å². The number of benzene rings is 1. The lowest BCUT2D eigenvalue weighted by atomic mass is 10.1. The Morgan fingerprint density at radius 2 is 2.04 bits per heavy atom. The van der Waals surface area contributed by atoms with Crippen LogP contribution in [0.3, 0.4) is 0 Å². The quantitative estimate of drug-likeness (QED) is 0.782. The molecule has 0 aliphatic rings. The molecule has 1 aromatic carbocycles. The fourth-order valence-electron chi connectivity index (χ4n) is 2.08. The number of nitrogens with zero attached hydrogens (tertiary/aromatic N) is 2. The Balaban J connectivity index is 1.69. The minimum absolute atomic E-state index is 0.0412. The summed E-state index contributed by atoms with van der Waals surface area (Å²) in [6.45, 7) is 2.34. The number of nitrogens with two attached hydrogens (primary N) is 1. The smallest absolute Gasteiger partial charge is 0.287 e. The molecule has 3 aromatic rings. The van der Waals surface area contributed by atoms with Crippen molar-refractivity contribution in [1.29, 1.82) is 0 Å². The highest BCUT2D eigenvalue weighted by molar-refractivity contribution is 5.90. The molecule has 0 saturated heterocycles. The van der Waals surface area contributed by atoms with Gasteiger partial charge in [-0.3, -0.25) is 9.78 Å². The van der Waals surface area contributed by atoms with E-state index in [0.717, 1.165) is 22.6 Å². The molecule has 3 rings (SSSR count). The van der Waals surface area contributed by atoms with E-state index in [1.165, 1.54) is 6.07 Å². The van der Waals surface area contributed by atoms with Gasteiger partial charge >= 0.3 is 0 Å². The van der Waals surface area contributed by atoms with Gasteiger partial charge in [-0.15, -0.1) is 0 Å². The molecule has 0 spiro atoms. The van der Waals surface area contributed by atoms with Gasteiger partial charge in [0.15, 0.2) is 0 Å². The fraction of sp³-hybridized carbons (Fsp3) is 0.118. The Bertz CT molecular complexity index is 825. The second-order valence-electron chi connectivity index (χ2n) is 5.01. The summed E-state index contributed by atoms with van der Waals surface area (Å²) in [4.78, 5) is 15.2. The molecule has 0 aliphatic carbocycles. The highest BCUT2D eigenvalue weighted by Crippen LogP contribution is 2.21. The van der Waals surface area contributed by atoms with Crippen molar-refractivity contribution < 1.29 is 14.1 Å². The summed E-state index contributed by atoms with van der Waals surface area (Å²) >= 11 is 0. The number of carbonyl (C=O) groups is 1. The largest absolute Gasteiger partial charge is 0.487 e. The topological polar surface area (TPSA) is 91.2 Å². The van der Waals surface area contributed by atoms with E-state index in [9.17, 15) is 4.79 Å². The van der Waals surface area contributed by atoms with E-state index in [0.29, 0.717) is 12.3 Å². The predicted molar refractivity (Wildman–Crippen MR) is 83.8 cm³/mol. The highest BCUT2D eigenvalue weighted by Gasteiger charge is 2.10. The van der Waals surface area contributed by atoms with E-state index < -0.39 is 5.91 Å². The van der Waals surface area contributed by atoms with E-state index in [1.807, 2.05) is 43.3 Å². The van der Waals surface area contributed by atoms with Crippen molar-refractivity contribution in [3.05, 3.63) is 65.7 Å². The minimum Gasteiger partial charge on any atom is -0.487 e. The Kier molecular flexibility index (Phi) is 4.05. The second-order valence-corrected chi connectivity index (χ2v) is 5.01. The van der Waals surface area contributed by atoms with E-state index in [-0.39, 0.29) is 5.76 Å².